The smallest absolute Gasteiger partial charge is 0.215 e. The molecule has 0 bridgehead atoms. The van der Waals surface area contributed by atoms with E-state index in [9.17, 15) is 0 Å². The molecule has 11 heteroatoms. The van der Waals surface area contributed by atoms with Crippen LogP contribution in [0, 0.1) is 12.3 Å². The minimum atomic E-state index is -0.648. The maximum atomic E-state index is 6.56. The van der Waals surface area contributed by atoms with Crippen LogP contribution in [0.4, 0.5) is 5.69 Å². The number of ether oxygens (including phenoxy) is 1. The first-order valence-corrected chi connectivity index (χ1v) is 13.6. The predicted octanol–water partition coefficient (Wildman–Crippen LogP) is 6.95. The lowest BCUT2D eigenvalue weighted by Gasteiger charge is -2.37. The van der Waals surface area contributed by atoms with Crippen molar-refractivity contribution in [2.24, 2.45) is 5.41 Å². The van der Waals surface area contributed by atoms with Gasteiger partial charge < -0.3 is 10.1 Å². The molecule has 0 radical (unpaired) electrons. The summed E-state index contributed by atoms with van der Waals surface area (Å²) >= 11 is 12.6. The third kappa shape index (κ3) is 6.26. The third-order valence-electron chi connectivity index (χ3n) is 6.51. The van der Waals surface area contributed by atoms with Gasteiger partial charge in [0.25, 0.3) is 0 Å². The first kappa shape index (κ1) is 27.6. The molecule has 0 unspecified atom stereocenters. The van der Waals surface area contributed by atoms with Gasteiger partial charge in [0.05, 0.1) is 0 Å². The highest BCUT2D eigenvalue weighted by molar-refractivity contribution is 6.30. The average Bonchev–Trinajstić information content (AvgIpc) is 3.61. The van der Waals surface area contributed by atoms with Gasteiger partial charge in [-0.15, -0.1) is 5.10 Å². The van der Waals surface area contributed by atoms with Crippen molar-refractivity contribution in [2.45, 2.75) is 46.0 Å². The van der Waals surface area contributed by atoms with E-state index in [1.54, 1.807) is 23.1 Å². The fourth-order valence-corrected chi connectivity index (χ4v) is 4.89. The quantitative estimate of drug-likeness (QED) is 0.203. The Morgan fingerprint density at radius 2 is 1.68 bits per heavy atom. The highest BCUT2D eigenvalue weighted by Crippen LogP contribution is 2.42. The monoisotopic (exact) mass is 576 g/mol. The molecule has 0 aliphatic rings. The number of hydrogen-bond acceptors (Lipinski definition) is 7. The van der Waals surface area contributed by atoms with Crippen molar-refractivity contribution in [3.63, 3.8) is 0 Å². The zero-order valence-electron chi connectivity index (χ0n) is 22.6. The van der Waals surface area contributed by atoms with E-state index in [-0.39, 0.29) is 0 Å². The average molecular weight is 578 g/mol. The summed E-state index contributed by atoms with van der Waals surface area (Å²) in [6.45, 7) is 8.39. The SMILES string of the molecule is Cc1ccc(N[C@@H](c2cccc(Cl)c2)c2nnnn2[C@H]([C@H](Oc2ccc(Cl)cc2)n2cncn2)C(C)(C)C)cc1. The molecule has 5 aromatic rings. The van der Waals surface area contributed by atoms with Crippen molar-refractivity contribution >= 4 is 28.9 Å². The minimum absolute atomic E-state index is 0.393. The predicted molar refractivity (Wildman–Crippen MR) is 156 cm³/mol. The Hall–Kier alpha value is -3.95. The normalized spacial score (nSPS) is 13.9. The third-order valence-corrected chi connectivity index (χ3v) is 7.00. The summed E-state index contributed by atoms with van der Waals surface area (Å²) < 4.78 is 10.1. The molecule has 3 atom stereocenters. The number of hydrogen-bond donors (Lipinski definition) is 1. The second-order valence-electron chi connectivity index (χ2n) is 10.6. The maximum Gasteiger partial charge on any atom is 0.215 e. The van der Waals surface area contributed by atoms with Gasteiger partial charge in [-0.05, 0) is 76.9 Å². The van der Waals surface area contributed by atoms with Gasteiger partial charge in [0.15, 0.2) is 5.82 Å². The van der Waals surface area contributed by atoms with Crippen LogP contribution in [0.3, 0.4) is 0 Å². The van der Waals surface area contributed by atoms with E-state index in [1.807, 2.05) is 53.2 Å². The van der Waals surface area contributed by atoms with Crippen molar-refractivity contribution in [3.8, 4) is 5.75 Å². The topological polar surface area (TPSA) is 95.6 Å². The lowest BCUT2D eigenvalue weighted by molar-refractivity contribution is -0.000433. The van der Waals surface area contributed by atoms with Crippen molar-refractivity contribution in [2.75, 3.05) is 5.32 Å². The molecule has 3 aromatic carbocycles. The summed E-state index contributed by atoms with van der Waals surface area (Å²) in [5.74, 6) is 1.21. The molecule has 0 spiro atoms. The van der Waals surface area contributed by atoms with Gasteiger partial charge in [-0.3, -0.25) is 0 Å². The number of anilines is 1. The molecule has 0 saturated carbocycles. The Morgan fingerprint density at radius 3 is 2.33 bits per heavy atom. The number of halogens is 2. The van der Waals surface area contributed by atoms with Crippen LogP contribution in [0.5, 0.6) is 5.75 Å². The highest BCUT2D eigenvalue weighted by atomic mass is 35.5. The molecule has 0 amide bonds. The second-order valence-corrected chi connectivity index (χ2v) is 11.5. The van der Waals surface area contributed by atoms with Gasteiger partial charge in [-0.1, -0.05) is 73.8 Å². The number of nitrogens with zero attached hydrogens (tertiary/aromatic N) is 7. The van der Waals surface area contributed by atoms with Gasteiger partial charge in [0, 0.05) is 15.7 Å². The van der Waals surface area contributed by atoms with Gasteiger partial charge in [0.2, 0.25) is 6.23 Å². The first-order valence-electron chi connectivity index (χ1n) is 12.8. The van der Waals surface area contributed by atoms with E-state index in [0.29, 0.717) is 21.6 Å². The van der Waals surface area contributed by atoms with Crippen LogP contribution in [-0.2, 0) is 0 Å². The largest absolute Gasteiger partial charge is 0.466 e. The first-order chi connectivity index (χ1) is 19.2. The number of tetrazole rings is 1. The molecule has 9 nitrogen and oxygen atoms in total. The van der Waals surface area contributed by atoms with Crippen molar-refractivity contribution in [1.29, 1.82) is 0 Å². The minimum Gasteiger partial charge on any atom is -0.466 e. The van der Waals surface area contributed by atoms with E-state index in [0.717, 1.165) is 16.8 Å². The van der Waals surface area contributed by atoms with Crippen LogP contribution in [0.1, 0.15) is 56.0 Å². The van der Waals surface area contributed by atoms with Crippen LogP contribution >= 0.6 is 23.2 Å². The fourth-order valence-electron chi connectivity index (χ4n) is 4.57. The number of nitrogens with one attached hydrogen (secondary N) is 1. The maximum absolute atomic E-state index is 6.56. The Labute approximate surface area is 243 Å². The number of aryl methyl sites for hydroxylation is 1. The standard InChI is InChI=1S/C29H30Cl2N8O/c1-19-8-12-23(13-9-19)34-25(20-6-5-7-22(31)16-20)27-35-36-37-39(27)26(29(2,3)4)28(38-18-32-17-33-38)40-24-14-10-21(30)11-15-24/h5-18,25-26,28,34H,1-4H3/t25-,26+,28-/m0/s1. The molecule has 206 valence electrons. The van der Waals surface area contributed by atoms with Crippen LogP contribution in [0.2, 0.25) is 10.0 Å². The Balaban J connectivity index is 1.63. The van der Waals surface area contributed by atoms with Crippen LogP contribution < -0.4 is 10.1 Å². The lowest BCUT2D eigenvalue weighted by atomic mass is 9.85. The zero-order chi connectivity index (χ0) is 28.3. The van der Waals surface area contributed by atoms with Crippen LogP contribution in [0.25, 0.3) is 0 Å². The molecule has 2 heterocycles. The van der Waals surface area contributed by atoms with Gasteiger partial charge in [-0.2, -0.15) is 5.10 Å². The molecule has 2 aromatic heterocycles. The molecule has 0 aliphatic heterocycles. The fraction of sp³-hybridized carbons (Fsp3) is 0.276. The van der Waals surface area contributed by atoms with E-state index in [4.69, 9.17) is 27.9 Å². The molecule has 0 saturated heterocycles. The van der Waals surface area contributed by atoms with Gasteiger partial charge in [-0.25, -0.2) is 14.3 Å². The lowest BCUT2D eigenvalue weighted by Crippen LogP contribution is -2.38. The van der Waals surface area contributed by atoms with Crippen LogP contribution in [-0.4, -0.2) is 35.0 Å². The summed E-state index contributed by atoms with van der Waals surface area (Å²) in [6.07, 6.45) is 2.46. The molecule has 0 fully saturated rings. The molecule has 1 N–H and O–H groups in total. The number of rotatable bonds is 9. The Morgan fingerprint density at radius 1 is 0.925 bits per heavy atom. The summed E-state index contributed by atoms with van der Waals surface area (Å²) in [5.41, 5.74) is 2.60. The van der Waals surface area contributed by atoms with E-state index < -0.39 is 23.7 Å². The number of benzene rings is 3. The van der Waals surface area contributed by atoms with Gasteiger partial charge >= 0.3 is 0 Å². The second kappa shape index (κ2) is 11.7. The molecule has 40 heavy (non-hydrogen) atoms. The molecule has 0 aliphatic carbocycles. The van der Waals surface area contributed by atoms with Crippen molar-refractivity contribution in [1.82, 2.24) is 35.0 Å². The van der Waals surface area contributed by atoms with Crippen molar-refractivity contribution in [3.05, 3.63) is 112 Å². The Kier molecular flexibility index (Phi) is 8.04. The summed E-state index contributed by atoms with van der Waals surface area (Å²) in [7, 11) is 0. The highest BCUT2D eigenvalue weighted by Gasteiger charge is 2.41. The Bertz CT molecular complexity index is 1530. The summed E-state index contributed by atoms with van der Waals surface area (Å²) in [6, 6.07) is 22.2. The van der Waals surface area contributed by atoms with E-state index >= 15 is 0 Å². The number of aromatic nitrogens is 7. The zero-order valence-corrected chi connectivity index (χ0v) is 24.1. The van der Waals surface area contributed by atoms with E-state index in [2.05, 4.69) is 70.8 Å². The van der Waals surface area contributed by atoms with Crippen LogP contribution in [0.15, 0.2) is 85.5 Å². The summed E-state index contributed by atoms with van der Waals surface area (Å²) in [4.78, 5) is 4.19. The van der Waals surface area contributed by atoms with E-state index in [1.165, 1.54) is 6.33 Å². The summed E-state index contributed by atoms with van der Waals surface area (Å²) in [5, 5.41) is 22.5. The molecular weight excluding hydrogens is 547 g/mol. The molecule has 5 rings (SSSR count). The van der Waals surface area contributed by atoms with Gasteiger partial charge in [0.1, 0.15) is 30.5 Å². The van der Waals surface area contributed by atoms with Crippen molar-refractivity contribution < 1.29 is 4.74 Å². The molecular formula is C29H30Cl2N8O.